The van der Waals surface area contributed by atoms with Crippen LogP contribution < -0.4 is 5.73 Å². The number of nitrogens with two attached hydrogens (primary N) is 1. The van der Waals surface area contributed by atoms with Crippen molar-refractivity contribution in [1.29, 1.82) is 0 Å². The number of nitrogen functional groups attached to an aromatic ring is 1. The van der Waals surface area contributed by atoms with Crippen molar-refractivity contribution in [2.45, 2.75) is 26.4 Å². The molecule has 0 aliphatic carbocycles. The van der Waals surface area contributed by atoms with Crippen LogP contribution in [0, 0.1) is 11.6 Å². The van der Waals surface area contributed by atoms with E-state index < -0.39 is 23.2 Å². The average Bonchev–Trinajstić information content (AvgIpc) is 2.69. The second kappa shape index (κ2) is 5.40. The van der Waals surface area contributed by atoms with Crippen LogP contribution in [0.5, 0.6) is 0 Å². The van der Waals surface area contributed by atoms with Crippen LogP contribution >= 0.6 is 11.5 Å². The Kier molecular flexibility index (Phi) is 3.95. The van der Waals surface area contributed by atoms with Gasteiger partial charge in [0.15, 0.2) is 4.88 Å². The summed E-state index contributed by atoms with van der Waals surface area (Å²) in [6.07, 6.45) is 0. The monoisotopic (exact) mass is 312 g/mol. The van der Waals surface area contributed by atoms with Gasteiger partial charge in [0, 0.05) is 11.6 Å². The Bertz CT molecular complexity index is 693. The van der Waals surface area contributed by atoms with Crippen molar-refractivity contribution in [1.82, 2.24) is 4.37 Å². The van der Waals surface area contributed by atoms with Gasteiger partial charge in [-0.3, -0.25) is 0 Å². The minimum atomic E-state index is -0.789. The Hall–Kier alpha value is -2.02. The lowest BCUT2D eigenvalue weighted by Gasteiger charge is -2.18. The van der Waals surface area contributed by atoms with Gasteiger partial charge in [-0.2, -0.15) is 4.37 Å². The maximum atomic E-state index is 13.8. The van der Waals surface area contributed by atoms with Crippen LogP contribution in [0.4, 0.5) is 14.5 Å². The normalized spacial score (nSPS) is 11.5. The highest BCUT2D eigenvalue weighted by atomic mass is 32.1. The standard InChI is InChI=1S/C14H14F2N2O2S/c1-14(2,3)20-13(19)12-10(17)11(18-21-12)8-5-4-7(15)6-9(8)16/h4-6H,17H2,1-3H3. The third kappa shape index (κ3) is 3.36. The Morgan fingerprint density at radius 3 is 2.57 bits per heavy atom. The molecule has 112 valence electrons. The number of esters is 1. The van der Waals surface area contributed by atoms with E-state index in [-0.39, 0.29) is 21.8 Å². The van der Waals surface area contributed by atoms with E-state index in [2.05, 4.69) is 4.37 Å². The number of rotatable bonds is 2. The number of carbonyl (C=O) groups excluding carboxylic acids is 1. The van der Waals surface area contributed by atoms with Crippen LogP contribution in [0.25, 0.3) is 11.3 Å². The molecule has 0 aliphatic heterocycles. The van der Waals surface area contributed by atoms with Gasteiger partial charge < -0.3 is 10.5 Å². The SMILES string of the molecule is CC(C)(C)OC(=O)c1snc(-c2ccc(F)cc2F)c1N. The topological polar surface area (TPSA) is 65.2 Å². The van der Waals surface area contributed by atoms with Gasteiger partial charge in [0.2, 0.25) is 0 Å². The first-order valence-electron chi connectivity index (χ1n) is 6.13. The van der Waals surface area contributed by atoms with E-state index in [9.17, 15) is 13.6 Å². The van der Waals surface area contributed by atoms with Gasteiger partial charge in [-0.1, -0.05) is 0 Å². The molecular weight excluding hydrogens is 298 g/mol. The van der Waals surface area contributed by atoms with Gasteiger partial charge in [-0.25, -0.2) is 13.6 Å². The summed E-state index contributed by atoms with van der Waals surface area (Å²) in [5, 5.41) is 0. The summed E-state index contributed by atoms with van der Waals surface area (Å²) in [5.74, 6) is -2.11. The molecule has 1 aromatic carbocycles. The van der Waals surface area contributed by atoms with E-state index in [4.69, 9.17) is 10.5 Å². The van der Waals surface area contributed by atoms with Gasteiger partial charge in [0.25, 0.3) is 0 Å². The van der Waals surface area contributed by atoms with Gasteiger partial charge >= 0.3 is 5.97 Å². The second-order valence-corrected chi connectivity index (χ2v) is 6.17. The van der Waals surface area contributed by atoms with E-state index >= 15 is 0 Å². The summed E-state index contributed by atoms with van der Waals surface area (Å²) in [6, 6.07) is 3.07. The van der Waals surface area contributed by atoms with Crippen LogP contribution in [0.2, 0.25) is 0 Å². The van der Waals surface area contributed by atoms with Crippen molar-refractivity contribution >= 4 is 23.2 Å². The van der Waals surface area contributed by atoms with Crippen molar-refractivity contribution in [3.63, 3.8) is 0 Å². The van der Waals surface area contributed by atoms with Crippen LogP contribution in [0.15, 0.2) is 18.2 Å². The number of hydrogen-bond donors (Lipinski definition) is 1. The Labute approximate surface area is 124 Å². The first kappa shape index (κ1) is 15.4. The van der Waals surface area contributed by atoms with E-state index in [0.29, 0.717) is 0 Å². The molecule has 7 heteroatoms. The quantitative estimate of drug-likeness (QED) is 0.860. The number of hydrogen-bond acceptors (Lipinski definition) is 5. The molecular formula is C14H14F2N2O2S. The maximum absolute atomic E-state index is 13.8. The van der Waals surface area contributed by atoms with Crippen LogP contribution in [0.1, 0.15) is 30.4 Å². The van der Waals surface area contributed by atoms with Gasteiger partial charge in [0.05, 0.1) is 5.69 Å². The first-order chi connectivity index (χ1) is 9.69. The summed E-state index contributed by atoms with van der Waals surface area (Å²) in [7, 11) is 0. The molecule has 0 fully saturated rings. The molecule has 0 radical (unpaired) electrons. The number of carbonyl (C=O) groups is 1. The zero-order valence-corrected chi connectivity index (χ0v) is 12.6. The summed E-state index contributed by atoms with van der Waals surface area (Å²) >= 11 is 0.823. The summed E-state index contributed by atoms with van der Waals surface area (Å²) in [4.78, 5) is 12.1. The molecule has 1 aromatic heterocycles. The molecule has 4 nitrogen and oxygen atoms in total. The molecule has 0 saturated heterocycles. The van der Waals surface area contributed by atoms with E-state index in [1.54, 1.807) is 20.8 Å². The number of ether oxygens (including phenoxy) is 1. The maximum Gasteiger partial charge on any atom is 0.352 e. The molecule has 0 saturated carbocycles. The molecule has 0 unspecified atom stereocenters. The largest absolute Gasteiger partial charge is 0.456 e. The molecule has 0 aliphatic rings. The molecule has 2 rings (SSSR count). The Morgan fingerprint density at radius 1 is 1.33 bits per heavy atom. The highest BCUT2D eigenvalue weighted by Crippen LogP contribution is 2.33. The summed E-state index contributed by atoms with van der Waals surface area (Å²) in [5.41, 5.74) is 5.36. The molecule has 1 heterocycles. The van der Waals surface area contributed by atoms with Crippen LogP contribution in [-0.2, 0) is 4.74 Å². The molecule has 0 amide bonds. The fourth-order valence-electron chi connectivity index (χ4n) is 1.64. The molecule has 0 atom stereocenters. The van der Waals surface area contributed by atoms with E-state index in [0.717, 1.165) is 23.7 Å². The highest BCUT2D eigenvalue weighted by Gasteiger charge is 2.25. The van der Waals surface area contributed by atoms with Crippen molar-refractivity contribution < 1.29 is 18.3 Å². The average molecular weight is 312 g/mol. The molecule has 2 N–H and O–H groups in total. The fourth-order valence-corrected chi connectivity index (χ4v) is 2.34. The third-order valence-electron chi connectivity index (χ3n) is 2.50. The van der Waals surface area contributed by atoms with Gasteiger partial charge in [-0.15, -0.1) is 0 Å². The lowest BCUT2D eigenvalue weighted by atomic mass is 10.1. The van der Waals surface area contributed by atoms with Crippen molar-refractivity contribution in [2.75, 3.05) is 5.73 Å². The number of nitrogens with zero attached hydrogens (tertiary/aromatic N) is 1. The Balaban J connectivity index is 2.39. The highest BCUT2D eigenvalue weighted by molar-refractivity contribution is 7.09. The number of aromatic nitrogens is 1. The number of halogens is 2. The van der Waals surface area contributed by atoms with Gasteiger partial charge in [0.1, 0.15) is 22.9 Å². The molecule has 0 spiro atoms. The van der Waals surface area contributed by atoms with Crippen LogP contribution in [0.3, 0.4) is 0 Å². The van der Waals surface area contributed by atoms with Crippen molar-refractivity contribution in [3.05, 3.63) is 34.7 Å². The van der Waals surface area contributed by atoms with Gasteiger partial charge in [-0.05, 0) is 44.4 Å². The predicted molar refractivity (Wildman–Crippen MR) is 77.0 cm³/mol. The van der Waals surface area contributed by atoms with E-state index in [1.807, 2.05) is 0 Å². The Morgan fingerprint density at radius 2 is 2.00 bits per heavy atom. The molecule has 0 bridgehead atoms. The zero-order valence-electron chi connectivity index (χ0n) is 11.7. The smallest absolute Gasteiger partial charge is 0.352 e. The predicted octanol–water partition coefficient (Wildman–Crippen LogP) is 3.63. The first-order valence-corrected chi connectivity index (χ1v) is 6.90. The van der Waals surface area contributed by atoms with Crippen molar-refractivity contribution in [3.8, 4) is 11.3 Å². The summed E-state index contributed by atoms with van der Waals surface area (Å²) in [6.45, 7) is 5.17. The lowest BCUT2D eigenvalue weighted by Crippen LogP contribution is -2.23. The van der Waals surface area contributed by atoms with Crippen LogP contribution in [-0.4, -0.2) is 15.9 Å². The minimum absolute atomic E-state index is 0.0276. The second-order valence-electron chi connectivity index (χ2n) is 5.40. The zero-order chi connectivity index (χ0) is 15.8. The molecule has 2 aromatic rings. The van der Waals surface area contributed by atoms with Crippen molar-refractivity contribution in [2.24, 2.45) is 0 Å². The lowest BCUT2D eigenvalue weighted by molar-refractivity contribution is 0.00764. The number of anilines is 1. The number of benzene rings is 1. The minimum Gasteiger partial charge on any atom is -0.456 e. The van der Waals surface area contributed by atoms with E-state index in [1.165, 1.54) is 6.07 Å². The fraction of sp³-hybridized carbons (Fsp3) is 0.286. The molecule has 21 heavy (non-hydrogen) atoms. The third-order valence-corrected chi connectivity index (χ3v) is 3.34. The summed E-state index contributed by atoms with van der Waals surface area (Å²) < 4.78 is 35.9.